The Balaban J connectivity index is 1.10. The molecule has 7 aromatic rings. The molecule has 0 radical (unpaired) electrons. The summed E-state index contributed by atoms with van der Waals surface area (Å²) in [6.45, 7) is 17.8. The van der Waals surface area contributed by atoms with Crippen LogP contribution in [-0.4, -0.2) is 173 Å². The van der Waals surface area contributed by atoms with E-state index in [2.05, 4.69) is 41.3 Å². The Kier molecular flexibility index (Phi) is 24.9. The van der Waals surface area contributed by atoms with Gasteiger partial charge < -0.3 is 59.8 Å². The molecule has 99 heavy (non-hydrogen) atoms. The Morgan fingerprint density at radius 1 is 0.576 bits per heavy atom. The van der Waals surface area contributed by atoms with Gasteiger partial charge in [0.25, 0.3) is 32.1 Å². The van der Waals surface area contributed by atoms with E-state index in [4.69, 9.17) is 54.1 Å². The van der Waals surface area contributed by atoms with Crippen LogP contribution < -0.4 is 50.3 Å². The minimum Gasteiger partial charge on any atom is -0.494 e. The van der Waals surface area contributed by atoms with Gasteiger partial charge in [0, 0.05) is 64.5 Å². The molecule has 524 valence electrons. The molecule has 0 spiro atoms. The molecule has 36 heteroatoms. The van der Waals surface area contributed by atoms with Crippen molar-refractivity contribution in [2.75, 3.05) is 140 Å². The number of ketones is 2. The second kappa shape index (κ2) is 33.4. The van der Waals surface area contributed by atoms with Gasteiger partial charge in [-0.2, -0.15) is 41.8 Å². The molecule has 5 heterocycles. The van der Waals surface area contributed by atoms with Gasteiger partial charge in [-0.3, -0.25) is 28.3 Å². The van der Waals surface area contributed by atoms with Crippen molar-refractivity contribution >= 4 is 169 Å². The van der Waals surface area contributed by atoms with Gasteiger partial charge in [-0.15, -0.1) is 20.5 Å². The number of nitrogens with one attached hydrogen (secondary N) is 4. The molecule has 6 N–H and O–H groups in total. The van der Waals surface area contributed by atoms with Crippen LogP contribution in [-0.2, 0) is 48.9 Å². The van der Waals surface area contributed by atoms with Crippen LogP contribution in [0, 0.1) is 0 Å². The second-order valence-corrected chi connectivity index (χ2v) is 27.5. The minimum absolute atomic E-state index is 0.0852. The number of benzene rings is 4. The zero-order valence-electron chi connectivity index (χ0n) is 55.4. The van der Waals surface area contributed by atoms with E-state index in [1.165, 1.54) is 88.4 Å². The number of para-hydroxylation sites is 2. The maximum Gasteiger partial charge on any atom is 0.296 e. The number of thioether (sulfide) groups is 1. The summed E-state index contributed by atoms with van der Waals surface area (Å²) in [4.78, 5) is 86.1. The Morgan fingerprint density at radius 3 is 1.30 bits per heavy atom. The molecule has 2 aliphatic heterocycles. The Morgan fingerprint density at radius 2 is 0.960 bits per heavy atom. The molecule has 9 rings (SSSR count). The van der Waals surface area contributed by atoms with Gasteiger partial charge in [-0.1, -0.05) is 65.6 Å². The molecule has 0 bridgehead atoms. The number of carbonyl (C=O) groups is 4. The first-order chi connectivity index (χ1) is 47.5. The molecule has 2 saturated heterocycles. The van der Waals surface area contributed by atoms with Crippen molar-refractivity contribution in [2.24, 2.45) is 20.5 Å². The number of rotatable bonds is 30. The summed E-state index contributed by atoms with van der Waals surface area (Å²) < 4.78 is 91.9. The van der Waals surface area contributed by atoms with E-state index in [1.54, 1.807) is 12.1 Å². The lowest BCUT2D eigenvalue weighted by atomic mass is 10.1. The van der Waals surface area contributed by atoms with Crippen molar-refractivity contribution in [3.8, 4) is 11.5 Å². The molecule has 2 fully saturated rings. The highest BCUT2D eigenvalue weighted by Crippen LogP contribution is 2.45. The van der Waals surface area contributed by atoms with Crippen LogP contribution in [0.3, 0.4) is 0 Å². The monoisotopic (exact) mass is 1450 g/mol. The predicted molar refractivity (Wildman–Crippen MR) is 382 cm³/mol. The maximum atomic E-state index is 13.9. The lowest BCUT2D eigenvalue weighted by molar-refractivity contribution is -0.120. The largest absolute Gasteiger partial charge is 0.494 e. The highest BCUT2D eigenvalue weighted by Gasteiger charge is 2.28. The van der Waals surface area contributed by atoms with Gasteiger partial charge in [-0.05, 0) is 95.8 Å². The van der Waals surface area contributed by atoms with Gasteiger partial charge in [0.15, 0.2) is 16.7 Å². The normalized spacial score (nSPS) is 14.0. The number of azo groups is 2. The second-order valence-electron chi connectivity index (χ2n) is 21.4. The number of thiazole rings is 2. The number of hydrogen-bond acceptors (Lipinski definition) is 30. The van der Waals surface area contributed by atoms with E-state index >= 15 is 0 Å². The molecule has 0 atom stereocenters. The van der Waals surface area contributed by atoms with Crippen molar-refractivity contribution in [1.82, 2.24) is 24.9 Å². The van der Waals surface area contributed by atoms with E-state index in [0.717, 1.165) is 34.8 Å². The number of hydrogen-bond donors (Lipinski definition) is 6. The zero-order chi connectivity index (χ0) is 71.1. The zero-order valence-corrected chi connectivity index (χ0v) is 59.5. The van der Waals surface area contributed by atoms with Crippen LogP contribution >= 0.6 is 34.4 Å². The SMILES string of the molecule is CCSc1nc(Nc2cc(N(CC)CC)c(OC)cc2/N=N/c2nc(N3CCOCC3)c(/C=C(/C(C)=O)C(=O)Nc3ccccc3S(=O)(=O)O)s2)nc(Nc2cc(N(CC)CC)c(OC)cc2/N=N/c2nc(N3CCOCC3)c(/C=C(\C(C)=O)C(=O)Nc3ccccc3S(=O)(=O)O)s2)n1. The van der Waals surface area contributed by atoms with Crippen LogP contribution in [0.4, 0.5) is 79.3 Å². The van der Waals surface area contributed by atoms with E-state index < -0.39 is 53.4 Å². The molecule has 0 unspecified atom stereocenters. The summed E-state index contributed by atoms with van der Waals surface area (Å²) in [6.07, 6.45) is 2.70. The first-order valence-electron chi connectivity index (χ1n) is 31.1. The van der Waals surface area contributed by atoms with Crippen molar-refractivity contribution in [3.63, 3.8) is 0 Å². The number of Topliss-reactive ketones (excluding diaryl/α,β-unsaturated/α-hetero) is 2. The molecule has 2 amide bonds. The highest BCUT2D eigenvalue weighted by atomic mass is 32.2. The highest BCUT2D eigenvalue weighted by molar-refractivity contribution is 7.99. The number of ether oxygens (including phenoxy) is 4. The Labute approximate surface area is 583 Å². The van der Waals surface area contributed by atoms with E-state index in [-0.39, 0.29) is 56.1 Å². The van der Waals surface area contributed by atoms with Gasteiger partial charge in [0.05, 0.1) is 95.7 Å². The van der Waals surface area contributed by atoms with Crippen LogP contribution in [0.1, 0.15) is 58.2 Å². The summed E-state index contributed by atoms with van der Waals surface area (Å²) in [5, 5.41) is 31.0. The molecule has 3 aromatic heterocycles. The van der Waals surface area contributed by atoms with Crippen LogP contribution in [0.5, 0.6) is 11.5 Å². The van der Waals surface area contributed by atoms with Crippen LogP contribution in [0.25, 0.3) is 12.2 Å². The lowest BCUT2D eigenvalue weighted by Gasteiger charge is -2.27. The first-order valence-corrected chi connectivity index (χ1v) is 36.6. The number of anilines is 10. The average molecular weight is 1450 g/mol. The third kappa shape index (κ3) is 18.5. The van der Waals surface area contributed by atoms with E-state index in [0.29, 0.717) is 145 Å². The number of methoxy groups -OCH3 is 2. The molecule has 0 saturated carbocycles. The molecule has 4 aromatic carbocycles. The Hall–Kier alpha value is -9.40. The molecule has 31 nitrogen and oxygen atoms in total. The van der Waals surface area contributed by atoms with Gasteiger partial charge in [0.1, 0.15) is 44.3 Å². The van der Waals surface area contributed by atoms with Gasteiger partial charge >= 0.3 is 0 Å². The van der Waals surface area contributed by atoms with Crippen LogP contribution in [0.2, 0.25) is 0 Å². The fraction of sp³-hybridized carbons (Fsp3) is 0.349. The molecule has 2 aliphatic rings. The fourth-order valence-electron chi connectivity index (χ4n) is 10.3. The van der Waals surface area contributed by atoms with Crippen molar-refractivity contribution in [1.29, 1.82) is 0 Å². The van der Waals surface area contributed by atoms with Gasteiger partial charge in [0.2, 0.25) is 22.2 Å². The van der Waals surface area contributed by atoms with Crippen LogP contribution in [0.15, 0.2) is 119 Å². The number of carbonyl (C=O) groups excluding carboxylic acids is 4. The summed E-state index contributed by atoms with van der Waals surface area (Å²) in [6, 6.07) is 17.5. The van der Waals surface area contributed by atoms with Crippen molar-refractivity contribution < 1.29 is 64.1 Å². The van der Waals surface area contributed by atoms with Gasteiger partial charge in [-0.25, -0.2) is 0 Å². The summed E-state index contributed by atoms with van der Waals surface area (Å²) in [5.74, 6) is -0.746. The Bertz CT molecular complexity index is 4230. The van der Waals surface area contributed by atoms with Crippen molar-refractivity contribution in [2.45, 2.75) is 63.4 Å². The van der Waals surface area contributed by atoms with E-state index in [9.17, 15) is 45.1 Å². The van der Waals surface area contributed by atoms with Crippen molar-refractivity contribution in [3.05, 3.63) is 93.7 Å². The number of nitrogens with zero attached hydrogens (tertiary/aromatic N) is 13. The third-order valence-electron chi connectivity index (χ3n) is 15.2. The number of aromatic nitrogens is 5. The summed E-state index contributed by atoms with van der Waals surface area (Å²) >= 11 is 3.42. The third-order valence-corrected chi connectivity index (χ3v) is 19.5. The topological polar surface area (TPSA) is 389 Å². The van der Waals surface area contributed by atoms with E-state index in [1.807, 2.05) is 56.6 Å². The molecular weight excluding hydrogens is 1380 g/mol. The number of morpholine rings is 2. The smallest absolute Gasteiger partial charge is 0.296 e. The standard InChI is InChI=1S/C63H73N17O14S5/c1-10-77(11-2)47-33-43(45(35-49(47)91-8)73-75-62-68-55(79-23-27-93-28-24-79)51(96-62)31-39(37(6)81)57(83)64-41-19-15-17-21-53(41)98(85,86)87)66-59-70-60(72-61(71-59)95-14-5)67-44-34-48(78(12-3)13-4)50(92-9)36-46(44)74-76-63-69-56(80-25-29-94-30-26-80)52(97-63)32-40(38(7)82)58(84)65-42-20-16-18-22-54(42)99(88,89)90/h15-22,31-36H,10-14,23-30H2,1-9H3,(H,64,83)(H,65,84)(H,85,86,87)(H,88,89,90)(H2,66,67,70,71,72)/b39-31-,40-32+,75-73+,76-74+. The lowest BCUT2D eigenvalue weighted by Crippen LogP contribution is -2.36. The summed E-state index contributed by atoms with van der Waals surface area (Å²) in [5.41, 5.74) is 1.52. The summed E-state index contributed by atoms with van der Waals surface area (Å²) in [7, 11) is -6.44. The quantitative estimate of drug-likeness (QED) is 0.00608. The molecular formula is C63H73N17O14S5. The fourth-order valence-corrected chi connectivity index (χ4v) is 13.9. The minimum atomic E-state index is -4.76. The molecule has 0 aliphatic carbocycles. The number of amides is 2. The maximum absolute atomic E-state index is 13.9. The average Bonchev–Trinajstić information content (AvgIpc) is 1.53. The first kappa shape index (κ1) is 73.8. The predicted octanol–water partition coefficient (Wildman–Crippen LogP) is 11.3.